The van der Waals surface area contributed by atoms with Gasteiger partial charge in [0.15, 0.2) is 0 Å². The summed E-state index contributed by atoms with van der Waals surface area (Å²) in [6.07, 6.45) is -0.124. The summed E-state index contributed by atoms with van der Waals surface area (Å²) in [4.78, 5) is 17.0. The molecule has 1 heterocycles. The molecule has 1 unspecified atom stereocenters. The third-order valence-electron chi connectivity index (χ3n) is 2.57. The van der Waals surface area contributed by atoms with E-state index in [1.807, 2.05) is 6.92 Å². The van der Waals surface area contributed by atoms with Crippen LogP contribution in [0.3, 0.4) is 0 Å². The van der Waals surface area contributed by atoms with Crippen LogP contribution in [0.15, 0.2) is 0 Å². The van der Waals surface area contributed by atoms with Gasteiger partial charge in [0.25, 0.3) is 5.91 Å². The van der Waals surface area contributed by atoms with E-state index in [-0.39, 0.29) is 18.6 Å². The Balaban J connectivity index is 2.90. The zero-order chi connectivity index (χ0) is 13.9. The Morgan fingerprint density at radius 2 is 2.22 bits per heavy atom. The first-order chi connectivity index (χ1) is 8.30. The van der Waals surface area contributed by atoms with E-state index in [9.17, 15) is 4.79 Å². The quantitative estimate of drug-likeness (QED) is 0.855. The fourth-order valence-electron chi connectivity index (χ4n) is 1.31. The average molecular weight is 272 g/mol. The lowest BCUT2D eigenvalue weighted by atomic mass is 10.1. The predicted molar refractivity (Wildman–Crippen MR) is 70.9 cm³/mol. The first kappa shape index (κ1) is 15.1. The smallest absolute Gasteiger partial charge is 0.263 e. The van der Waals surface area contributed by atoms with Crippen molar-refractivity contribution in [3.8, 4) is 0 Å². The number of thiazole rings is 1. The van der Waals surface area contributed by atoms with E-state index < -0.39 is 5.54 Å². The molecule has 1 atom stereocenters. The molecule has 0 aliphatic heterocycles. The Kier molecular flexibility index (Phi) is 4.84. The highest BCUT2D eigenvalue weighted by Gasteiger charge is 2.24. The van der Waals surface area contributed by atoms with Crippen LogP contribution in [-0.4, -0.2) is 35.3 Å². The van der Waals surface area contributed by atoms with E-state index in [4.69, 9.17) is 9.84 Å². The molecule has 0 spiro atoms. The van der Waals surface area contributed by atoms with Gasteiger partial charge in [-0.25, -0.2) is 4.98 Å². The number of amides is 1. The molecule has 1 aromatic rings. The van der Waals surface area contributed by atoms with E-state index in [0.29, 0.717) is 10.6 Å². The van der Waals surface area contributed by atoms with Crippen molar-refractivity contribution in [1.82, 2.24) is 10.3 Å². The van der Waals surface area contributed by atoms with Crippen LogP contribution in [0.25, 0.3) is 0 Å². The summed E-state index contributed by atoms with van der Waals surface area (Å²) < 4.78 is 5.18. The molecule has 0 aromatic carbocycles. The molecular formula is C12H20N2O3S. The Bertz CT molecular complexity index is 429. The number of aryl methyl sites for hydroxylation is 1. The number of aromatic nitrogens is 1. The highest BCUT2D eigenvalue weighted by Crippen LogP contribution is 2.25. The molecule has 0 saturated carbocycles. The first-order valence-corrected chi connectivity index (χ1v) is 6.56. The van der Waals surface area contributed by atoms with E-state index in [0.717, 1.165) is 5.01 Å². The molecular weight excluding hydrogens is 252 g/mol. The van der Waals surface area contributed by atoms with Gasteiger partial charge < -0.3 is 15.2 Å². The van der Waals surface area contributed by atoms with Gasteiger partial charge in [-0.1, -0.05) is 0 Å². The second-order valence-electron chi connectivity index (χ2n) is 4.84. The normalized spacial score (nSPS) is 13.4. The number of aliphatic hydroxyl groups excluding tert-OH is 1. The van der Waals surface area contributed by atoms with Crippen LogP contribution in [-0.2, 0) is 4.74 Å². The van der Waals surface area contributed by atoms with Gasteiger partial charge in [-0.2, -0.15) is 0 Å². The molecule has 1 rings (SSSR count). The fourth-order valence-corrected chi connectivity index (χ4v) is 2.30. The van der Waals surface area contributed by atoms with E-state index in [1.165, 1.54) is 11.3 Å². The zero-order valence-corrected chi connectivity index (χ0v) is 12.2. The van der Waals surface area contributed by atoms with Gasteiger partial charge in [0, 0.05) is 7.11 Å². The predicted octanol–water partition coefficient (Wildman–Crippen LogP) is 1.66. The van der Waals surface area contributed by atoms with Crippen LogP contribution in [0.2, 0.25) is 0 Å². The molecule has 102 valence electrons. The lowest BCUT2D eigenvalue weighted by Crippen LogP contribution is -2.46. The summed E-state index contributed by atoms with van der Waals surface area (Å²) in [6.45, 7) is 7.10. The minimum Gasteiger partial charge on any atom is -0.394 e. The number of carbonyl (C=O) groups is 1. The summed E-state index contributed by atoms with van der Waals surface area (Å²) in [7, 11) is 1.61. The molecule has 0 fully saturated rings. The van der Waals surface area contributed by atoms with Crippen LogP contribution in [0.4, 0.5) is 0 Å². The van der Waals surface area contributed by atoms with Crippen molar-refractivity contribution >= 4 is 17.2 Å². The zero-order valence-electron chi connectivity index (χ0n) is 11.4. The van der Waals surface area contributed by atoms with Crippen molar-refractivity contribution in [3.63, 3.8) is 0 Å². The van der Waals surface area contributed by atoms with Crippen molar-refractivity contribution in [1.29, 1.82) is 0 Å². The van der Waals surface area contributed by atoms with Crippen molar-refractivity contribution in [3.05, 3.63) is 15.6 Å². The summed E-state index contributed by atoms with van der Waals surface area (Å²) in [5, 5.41) is 12.7. The van der Waals surface area contributed by atoms with Gasteiger partial charge in [-0.15, -0.1) is 11.3 Å². The van der Waals surface area contributed by atoms with Crippen molar-refractivity contribution in [2.45, 2.75) is 39.3 Å². The Hall–Kier alpha value is -0.980. The maximum Gasteiger partial charge on any atom is 0.263 e. The highest BCUT2D eigenvalue weighted by atomic mass is 32.1. The molecule has 1 aromatic heterocycles. The van der Waals surface area contributed by atoms with Crippen LogP contribution in [0.1, 0.15) is 47.2 Å². The maximum atomic E-state index is 12.1. The second kappa shape index (κ2) is 5.77. The second-order valence-corrected chi connectivity index (χ2v) is 5.87. The molecule has 1 amide bonds. The topological polar surface area (TPSA) is 71.5 Å². The van der Waals surface area contributed by atoms with E-state index in [1.54, 1.807) is 27.9 Å². The molecule has 2 N–H and O–H groups in total. The maximum absolute atomic E-state index is 12.1. The first-order valence-electron chi connectivity index (χ1n) is 5.74. The summed E-state index contributed by atoms with van der Waals surface area (Å²) in [6, 6.07) is 0. The summed E-state index contributed by atoms with van der Waals surface area (Å²) >= 11 is 1.32. The van der Waals surface area contributed by atoms with Gasteiger partial charge in [0.05, 0.1) is 17.8 Å². The fraction of sp³-hybridized carbons (Fsp3) is 0.667. The third-order valence-corrected chi connectivity index (χ3v) is 3.89. The molecule has 0 aliphatic carbocycles. The molecule has 0 aliphatic rings. The number of hydrogen-bond acceptors (Lipinski definition) is 5. The van der Waals surface area contributed by atoms with Gasteiger partial charge in [-0.3, -0.25) is 4.79 Å². The molecule has 0 bridgehead atoms. The van der Waals surface area contributed by atoms with Gasteiger partial charge >= 0.3 is 0 Å². The lowest BCUT2D eigenvalue weighted by Gasteiger charge is -2.23. The number of methoxy groups -OCH3 is 1. The van der Waals surface area contributed by atoms with Crippen molar-refractivity contribution < 1.29 is 14.6 Å². The number of aliphatic hydroxyl groups is 1. The van der Waals surface area contributed by atoms with Crippen LogP contribution in [0.5, 0.6) is 0 Å². The number of carbonyl (C=O) groups excluding carboxylic acids is 1. The number of nitrogens with one attached hydrogen (secondary N) is 1. The van der Waals surface area contributed by atoms with Gasteiger partial charge in [0.1, 0.15) is 16.0 Å². The SMILES string of the molecule is COC(C)c1nc(C)c(C(=O)NC(C)(C)CO)s1. The Morgan fingerprint density at radius 3 is 2.72 bits per heavy atom. The lowest BCUT2D eigenvalue weighted by molar-refractivity contribution is 0.0872. The summed E-state index contributed by atoms with van der Waals surface area (Å²) in [5.74, 6) is -0.210. The van der Waals surface area contributed by atoms with Crippen molar-refractivity contribution in [2.75, 3.05) is 13.7 Å². The van der Waals surface area contributed by atoms with E-state index in [2.05, 4.69) is 10.3 Å². The third kappa shape index (κ3) is 3.51. The highest BCUT2D eigenvalue weighted by molar-refractivity contribution is 7.13. The average Bonchev–Trinajstić information content (AvgIpc) is 2.70. The molecule has 6 heteroatoms. The minimum atomic E-state index is -0.638. The standard InChI is InChI=1S/C12H20N2O3S/c1-7-9(10(16)14-12(3,4)6-15)18-11(13-7)8(2)17-5/h8,15H,6H2,1-5H3,(H,14,16). The Morgan fingerprint density at radius 1 is 1.61 bits per heavy atom. The Labute approximate surface area is 111 Å². The molecule has 0 saturated heterocycles. The van der Waals surface area contributed by atoms with Crippen LogP contribution < -0.4 is 5.32 Å². The van der Waals surface area contributed by atoms with Crippen LogP contribution >= 0.6 is 11.3 Å². The largest absolute Gasteiger partial charge is 0.394 e. The molecule has 0 radical (unpaired) electrons. The van der Waals surface area contributed by atoms with Gasteiger partial charge in [-0.05, 0) is 27.7 Å². The summed E-state index contributed by atoms with van der Waals surface area (Å²) in [5.41, 5.74) is 0.0470. The molecule has 18 heavy (non-hydrogen) atoms. The van der Waals surface area contributed by atoms with Crippen LogP contribution in [0, 0.1) is 6.92 Å². The van der Waals surface area contributed by atoms with Crippen molar-refractivity contribution in [2.24, 2.45) is 0 Å². The monoisotopic (exact) mass is 272 g/mol. The number of hydrogen-bond donors (Lipinski definition) is 2. The minimum absolute atomic E-state index is 0.113. The number of nitrogens with zero attached hydrogens (tertiary/aromatic N) is 1. The number of ether oxygens (including phenoxy) is 1. The van der Waals surface area contributed by atoms with E-state index >= 15 is 0 Å². The molecule has 5 nitrogen and oxygen atoms in total. The van der Waals surface area contributed by atoms with Gasteiger partial charge in [0.2, 0.25) is 0 Å². The number of rotatable bonds is 5.